The lowest BCUT2D eigenvalue weighted by molar-refractivity contribution is -0.138. The number of fused-ring (bicyclic) bond motifs is 1. The summed E-state index contributed by atoms with van der Waals surface area (Å²) in [5, 5.41) is 23.4. The van der Waals surface area contributed by atoms with Crippen molar-refractivity contribution in [3.05, 3.63) is 76.9 Å². The normalized spacial score (nSPS) is 14.6. The number of nitrogens with one attached hydrogen (secondary N) is 1. The summed E-state index contributed by atoms with van der Waals surface area (Å²) in [7, 11) is -0.617. The maximum atomic E-state index is 14.1. The third kappa shape index (κ3) is 9.07. The molecule has 1 atom stereocenters. The number of sulfonamides is 1. The molecule has 0 spiro atoms. The van der Waals surface area contributed by atoms with Crippen molar-refractivity contribution >= 4 is 16.0 Å². The molecule has 0 radical (unpaired) electrons. The van der Waals surface area contributed by atoms with E-state index >= 15 is 0 Å². The number of aliphatic carboxylic acids is 1. The van der Waals surface area contributed by atoms with E-state index in [2.05, 4.69) is 17.4 Å². The molecule has 0 aliphatic heterocycles. The molecular weight excluding hydrogens is 649 g/mol. The predicted octanol–water partition coefficient (Wildman–Crippen LogP) is 5.56. The maximum Gasteiger partial charge on any atom is 0.416 e. The molecule has 262 valence electrons. The first-order valence-electron chi connectivity index (χ1n) is 15.6. The van der Waals surface area contributed by atoms with E-state index in [1.807, 2.05) is 26.0 Å². The van der Waals surface area contributed by atoms with Crippen molar-refractivity contribution in [1.29, 1.82) is 0 Å². The molecule has 1 unspecified atom stereocenters. The highest BCUT2D eigenvalue weighted by Gasteiger charge is 2.35. The van der Waals surface area contributed by atoms with Gasteiger partial charge in [-0.2, -0.15) is 17.5 Å². The molecule has 0 heterocycles. The summed E-state index contributed by atoms with van der Waals surface area (Å²) in [6.45, 7) is 3.74. The fourth-order valence-electron chi connectivity index (χ4n) is 6.33. The fourth-order valence-corrected chi connectivity index (χ4v) is 7.61. The zero-order valence-corrected chi connectivity index (χ0v) is 28.5. The highest BCUT2D eigenvalue weighted by Crippen LogP contribution is 2.40. The molecule has 0 saturated heterocycles. The minimum atomic E-state index is -4.90. The highest BCUT2D eigenvalue weighted by molar-refractivity contribution is 7.89. The number of aliphatic hydroxyl groups is 1. The standard InChI is InChI=1S/C35H43F3N2O7S/c1-34(2,19-22-12-23-8-6-7-9-24(23)13-22)39-20-28(41)21-40(3)48(44,45)29-15-26(14-27(17-29)35(36,37)38)30-18-32(47-5)31(46-4)16-25(30)10-11-33(42)43/h6-9,14-18,22,28,39,41H,10-13,19-21H2,1-5H3,(H,42,43). The van der Waals surface area contributed by atoms with Crippen molar-refractivity contribution in [3.63, 3.8) is 0 Å². The van der Waals surface area contributed by atoms with Gasteiger partial charge in [-0.05, 0) is 104 Å². The fraction of sp³-hybridized carbons (Fsp3) is 0.457. The number of aliphatic hydroxyl groups excluding tert-OH is 1. The van der Waals surface area contributed by atoms with Crippen LogP contribution in [0.2, 0.25) is 0 Å². The van der Waals surface area contributed by atoms with E-state index in [9.17, 15) is 36.6 Å². The number of likely N-dealkylation sites (N-methyl/N-ethyl adjacent to an activating group) is 1. The van der Waals surface area contributed by atoms with Gasteiger partial charge in [0.25, 0.3) is 0 Å². The number of carbonyl (C=O) groups is 1. The summed E-state index contributed by atoms with van der Waals surface area (Å²) < 4.78 is 81.3. The average Bonchev–Trinajstić information content (AvgIpc) is 3.43. The summed E-state index contributed by atoms with van der Waals surface area (Å²) in [6, 6.07) is 13.7. The van der Waals surface area contributed by atoms with Crippen LogP contribution in [0, 0.1) is 5.92 Å². The largest absolute Gasteiger partial charge is 0.493 e. The first-order chi connectivity index (χ1) is 22.4. The first-order valence-corrected chi connectivity index (χ1v) is 17.0. The molecular formula is C35H43F3N2O7S. The number of hydrogen-bond donors (Lipinski definition) is 3. The van der Waals surface area contributed by atoms with Gasteiger partial charge in [-0.25, -0.2) is 8.42 Å². The lowest BCUT2D eigenvalue weighted by Crippen LogP contribution is -2.47. The molecule has 0 aromatic heterocycles. The molecule has 1 aliphatic rings. The van der Waals surface area contributed by atoms with Crippen molar-refractivity contribution in [1.82, 2.24) is 9.62 Å². The Kier molecular flexibility index (Phi) is 11.5. The number of halogens is 3. The van der Waals surface area contributed by atoms with E-state index < -0.39 is 38.7 Å². The summed E-state index contributed by atoms with van der Waals surface area (Å²) in [5.74, 6) is -0.289. The van der Waals surface area contributed by atoms with Crippen molar-refractivity contribution in [2.75, 3.05) is 34.4 Å². The number of methoxy groups -OCH3 is 2. The number of rotatable bonds is 15. The van der Waals surface area contributed by atoms with Crippen LogP contribution in [-0.4, -0.2) is 74.9 Å². The van der Waals surface area contributed by atoms with Crippen LogP contribution in [0.5, 0.6) is 11.5 Å². The highest BCUT2D eigenvalue weighted by atomic mass is 32.2. The lowest BCUT2D eigenvalue weighted by atomic mass is 9.88. The number of benzene rings is 3. The molecule has 13 heteroatoms. The number of β-amino-alcohol motifs (C(OH)–C–C–N with tert-alkyl or cyclic N) is 1. The van der Waals surface area contributed by atoms with Crippen LogP contribution in [0.1, 0.15) is 48.9 Å². The Hall–Kier alpha value is -3.65. The zero-order chi connectivity index (χ0) is 35.4. The van der Waals surface area contributed by atoms with Crippen LogP contribution >= 0.6 is 0 Å². The van der Waals surface area contributed by atoms with Crippen molar-refractivity contribution in [2.45, 2.75) is 68.7 Å². The maximum absolute atomic E-state index is 14.1. The second-order valence-electron chi connectivity index (χ2n) is 13.0. The Bertz CT molecular complexity index is 1700. The molecule has 0 fully saturated rings. The Morgan fingerprint density at radius 3 is 2.19 bits per heavy atom. The van der Waals surface area contributed by atoms with Crippen LogP contribution in [-0.2, 0) is 40.3 Å². The number of ether oxygens (including phenoxy) is 2. The molecule has 48 heavy (non-hydrogen) atoms. The molecule has 9 nitrogen and oxygen atoms in total. The van der Waals surface area contributed by atoms with E-state index in [1.165, 1.54) is 44.5 Å². The molecule has 3 aromatic carbocycles. The molecule has 1 aliphatic carbocycles. The predicted molar refractivity (Wildman–Crippen MR) is 176 cm³/mol. The van der Waals surface area contributed by atoms with Gasteiger partial charge < -0.3 is 25.0 Å². The van der Waals surface area contributed by atoms with Crippen LogP contribution in [0.25, 0.3) is 11.1 Å². The smallest absolute Gasteiger partial charge is 0.416 e. The van der Waals surface area contributed by atoms with Crippen LogP contribution in [0.3, 0.4) is 0 Å². The van der Waals surface area contributed by atoms with Gasteiger partial charge in [-0.3, -0.25) is 4.79 Å². The minimum Gasteiger partial charge on any atom is -0.493 e. The van der Waals surface area contributed by atoms with Gasteiger partial charge in [0, 0.05) is 32.1 Å². The molecule has 0 saturated carbocycles. The van der Waals surface area contributed by atoms with Gasteiger partial charge in [-0.15, -0.1) is 0 Å². The summed E-state index contributed by atoms with van der Waals surface area (Å²) >= 11 is 0. The Morgan fingerprint density at radius 2 is 1.62 bits per heavy atom. The zero-order valence-electron chi connectivity index (χ0n) is 27.7. The number of nitrogens with zero attached hydrogens (tertiary/aromatic N) is 1. The topological polar surface area (TPSA) is 125 Å². The SMILES string of the molecule is COc1cc(CCC(=O)O)c(-c2cc(C(F)(F)F)cc(S(=O)(=O)N(C)CC(O)CNC(C)(C)CC3Cc4ccccc4C3)c2)cc1OC. The van der Waals surface area contributed by atoms with Gasteiger partial charge in [0.15, 0.2) is 11.5 Å². The number of carboxylic acid groups (broad SMARTS) is 1. The summed E-state index contributed by atoms with van der Waals surface area (Å²) in [6.07, 6.45) is -3.67. The van der Waals surface area contributed by atoms with Crippen LogP contribution < -0.4 is 14.8 Å². The third-order valence-electron chi connectivity index (χ3n) is 8.69. The van der Waals surface area contributed by atoms with E-state index in [4.69, 9.17) is 9.47 Å². The summed E-state index contributed by atoms with van der Waals surface area (Å²) in [5.41, 5.74) is 1.50. The molecule has 3 aromatic rings. The lowest BCUT2D eigenvalue weighted by Gasteiger charge is -2.31. The van der Waals surface area contributed by atoms with Crippen LogP contribution in [0.15, 0.2) is 59.5 Å². The number of hydrogen-bond acceptors (Lipinski definition) is 7. The molecule has 3 N–H and O–H groups in total. The van der Waals surface area contributed by atoms with Gasteiger partial charge in [-0.1, -0.05) is 24.3 Å². The van der Waals surface area contributed by atoms with Crippen molar-refractivity contribution < 1.29 is 46.1 Å². The number of alkyl halides is 3. The van der Waals surface area contributed by atoms with E-state index in [1.54, 1.807) is 0 Å². The number of carboxylic acids is 1. The first kappa shape index (κ1) is 37.2. The van der Waals surface area contributed by atoms with E-state index in [-0.39, 0.29) is 54.1 Å². The van der Waals surface area contributed by atoms with Gasteiger partial charge in [0.05, 0.1) is 30.8 Å². The quantitative estimate of drug-likeness (QED) is 0.189. The Balaban J connectivity index is 1.55. The Labute approximate surface area is 279 Å². The third-order valence-corrected chi connectivity index (χ3v) is 10.5. The average molecular weight is 693 g/mol. The van der Waals surface area contributed by atoms with Crippen molar-refractivity contribution in [2.24, 2.45) is 5.92 Å². The van der Waals surface area contributed by atoms with E-state index in [0.717, 1.165) is 35.7 Å². The second-order valence-corrected chi connectivity index (χ2v) is 15.0. The van der Waals surface area contributed by atoms with E-state index in [0.29, 0.717) is 17.5 Å². The second kappa shape index (κ2) is 14.9. The van der Waals surface area contributed by atoms with Crippen LogP contribution in [0.4, 0.5) is 13.2 Å². The Morgan fingerprint density at radius 1 is 1.02 bits per heavy atom. The summed E-state index contributed by atoms with van der Waals surface area (Å²) in [4.78, 5) is 10.7. The molecule has 0 bridgehead atoms. The molecule has 4 rings (SSSR count). The molecule has 0 amide bonds. The minimum absolute atomic E-state index is 0.0630. The monoisotopic (exact) mass is 692 g/mol. The van der Waals surface area contributed by atoms with Crippen molar-refractivity contribution in [3.8, 4) is 22.6 Å². The number of aryl methyl sites for hydroxylation is 1. The van der Waals surface area contributed by atoms with Gasteiger partial charge >= 0.3 is 12.1 Å². The van der Waals surface area contributed by atoms with Gasteiger partial charge in [0.1, 0.15) is 0 Å². The van der Waals surface area contributed by atoms with Gasteiger partial charge in [0.2, 0.25) is 10.0 Å².